The maximum atomic E-state index is 16.2. The predicted octanol–water partition coefficient (Wildman–Crippen LogP) is 8.11. The fraction of sp³-hybridized carbons (Fsp3) is 0.527. The second-order valence-corrected chi connectivity index (χ2v) is 27.3. The lowest BCUT2D eigenvalue weighted by molar-refractivity contribution is -0.347. The minimum atomic E-state index is -2.93. The van der Waals surface area contributed by atoms with Crippen LogP contribution in [0.3, 0.4) is 0 Å². The van der Waals surface area contributed by atoms with Crippen LogP contribution in [0.1, 0.15) is 107 Å². The highest BCUT2D eigenvalue weighted by molar-refractivity contribution is 7.98. The number of nitrogens with one attached hydrogen (secondary N) is 1. The minimum absolute atomic E-state index is 0.0534. The molecule has 3 aromatic rings. The van der Waals surface area contributed by atoms with E-state index in [2.05, 4.69) is 5.32 Å². The van der Waals surface area contributed by atoms with Crippen LogP contribution >= 0.6 is 11.8 Å². The van der Waals surface area contributed by atoms with E-state index in [1.807, 2.05) is 46.2 Å². The number of amides is 1. The van der Waals surface area contributed by atoms with E-state index in [4.69, 9.17) is 32.8 Å². The summed E-state index contributed by atoms with van der Waals surface area (Å²) in [5.74, 6) is -5.75. The van der Waals surface area contributed by atoms with Gasteiger partial charge in [-0.2, -0.15) is 0 Å². The van der Waals surface area contributed by atoms with Crippen molar-refractivity contribution in [3.05, 3.63) is 119 Å². The van der Waals surface area contributed by atoms with Crippen molar-refractivity contribution in [2.45, 2.75) is 147 Å². The molecule has 0 spiro atoms. The zero-order chi connectivity index (χ0) is 52.8. The van der Waals surface area contributed by atoms with Crippen molar-refractivity contribution in [2.24, 2.45) is 16.7 Å². The molecule has 7 rings (SSSR count). The Bertz CT molecular complexity index is 2570. The highest BCUT2D eigenvalue weighted by atomic mass is 32.2. The number of Topliss-reactive ketones (excluding diaryl/α,β-unsaturated/α-hetero) is 1. The van der Waals surface area contributed by atoms with Gasteiger partial charge in [-0.05, 0) is 79.2 Å². The maximum Gasteiger partial charge on any atom is 0.338 e. The van der Waals surface area contributed by atoms with Gasteiger partial charge in [0.1, 0.15) is 23.9 Å². The number of ether oxygens (including phenoxy) is 6. The van der Waals surface area contributed by atoms with Gasteiger partial charge < -0.3 is 43.3 Å². The second-order valence-electron chi connectivity index (χ2n) is 21.8. The van der Waals surface area contributed by atoms with Gasteiger partial charge >= 0.3 is 23.9 Å². The first-order valence-corrected chi connectivity index (χ1v) is 28.7. The van der Waals surface area contributed by atoms with E-state index in [0.717, 1.165) is 0 Å². The molecule has 1 amide bonds. The van der Waals surface area contributed by atoms with Crippen LogP contribution in [0.5, 0.6) is 0 Å². The van der Waals surface area contributed by atoms with E-state index in [1.165, 1.54) is 25.6 Å². The summed E-state index contributed by atoms with van der Waals surface area (Å²) in [5.41, 5.74) is -6.05. The number of ketones is 1. The molecule has 1 unspecified atom stereocenters. The molecule has 0 aromatic heterocycles. The molecule has 3 fully saturated rings. The molecule has 0 radical (unpaired) electrons. The Balaban J connectivity index is 1.46. The molecule has 72 heavy (non-hydrogen) atoms. The fourth-order valence-corrected chi connectivity index (χ4v) is 12.7. The summed E-state index contributed by atoms with van der Waals surface area (Å²) < 4.78 is 45.5. The molecule has 17 heteroatoms. The molecule has 2 saturated carbocycles. The number of hydrogen-bond donors (Lipinski definition) is 2. The number of aliphatic hydroxyl groups is 1. The van der Waals surface area contributed by atoms with E-state index in [1.54, 1.807) is 113 Å². The summed E-state index contributed by atoms with van der Waals surface area (Å²) in [4.78, 5) is 87.4. The zero-order valence-electron chi connectivity index (χ0n) is 43.3. The van der Waals surface area contributed by atoms with E-state index >= 15 is 9.59 Å². The molecule has 2 bridgehead atoms. The number of rotatable bonds is 15. The molecule has 3 aliphatic carbocycles. The number of thioether (sulfide) groups is 1. The Hall–Kier alpha value is -5.17. The maximum absolute atomic E-state index is 16.2. The predicted molar refractivity (Wildman–Crippen MR) is 271 cm³/mol. The number of esters is 4. The van der Waals surface area contributed by atoms with E-state index in [-0.39, 0.29) is 30.1 Å². The van der Waals surface area contributed by atoms with Gasteiger partial charge in [-0.3, -0.25) is 19.2 Å². The SMILES string of the molecule is CSCOC1C[C@H]2OC[C@@]2(OC(C)=O)[C@H]2[C@H](OC(=O)c3ccccc3)[C@]3(O)C[C@H](OC(=O)[C@H](O[Si](C)(C)C(C)(C)C)[C@@H](NC(=O)c4ccccc4)c4ccccc4)C(C)=C([C@@H](OC(C)=O)C(=O)[C@]12C)C3(C)C. The first-order chi connectivity index (χ1) is 33.7. The molecule has 388 valence electrons. The van der Waals surface area contributed by atoms with Crippen LogP contribution < -0.4 is 5.32 Å². The van der Waals surface area contributed by atoms with Gasteiger partial charge in [0.2, 0.25) is 0 Å². The number of carbonyl (C=O) groups excluding carboxylic acids is 6. The van der Waals surface area contributed by atoms with Crippen molar-refractivity contribution >= 4 is 55.6 Å². The number of benzene rings is 3. The summed E-state index contributed by atoms with van der Waals surface area (Å²) in [7, 11) is -2.93. The molecule has 15 nitrogen and oxygen atoms in total. The van der Waals surface area contributed by atoms with Crippen molar-refractivity contribution in [1.82, 2.24) is 5.32 Å². The molecular formula is C55H69NO14SSi. The Kier molecular flexibility index (Phi) is 15.6. The lowest BCUT2D eigenvalue weighted by Crippen LogP contribution is -2.82. The van der Waals surface area contributed by atoms with Gasteiger partial charge in [0.25, 0.3) is 5.91 Å². The minimum Gasteiger partial charge on any atom is -0.456 e. The third-order valence-electron chi connectivity index (χ3n) is 16.0. The van der Waals surface area contributed by atoms with E-state index in [9.17, 15) is 24.3 Å². The first kappa shape index (κ1) is 54.6. The monoisotopic (exact) mass is 1030 g/mol. The van der Waals surface area contributed by atoms with Gasteiger partial charge in [-0.25, -0.2) is 9.59 Å². The van der Waals surface area contributed by atoms with Gasteiger partial charge in [0, 0.05) is 37.7 Å². The Morgan fingerprint density at radius 3 is 1.97 bits per heavy atom. The smallest absolute Gasteiger partial charge is 0.338 e. The summed E-state index contributed by atoms with van der Waals surface area (Å²) >= 11 is 1.36. The Labute approximate surface area is 427 Å². The van der Waals surface area contributed by atoms with Crippen molar-refractivity contribution < 1.29 is 66.7 Å². The van der Waals surface area contributed by atoms with Gasteiger partial charge in [0.05, 0.1) is 41.6 Å². The summed E-state index contributed by atoms with van der Waals surface area (Å²) in [6.45, 7) is 18.7. The third kappa shape index (κ3) is 9.84. The van der Waals surface area contributed by atoms with Crippen LogP contribution in [-0.4, -0.2) is 116 Å². The van der Waals surface area contributed by atoms with Gasteiger partial charge in [0.15, 0.2) is 31.9 Å². The largest absolute Gasteiger partial charge is 0.456 e. The zero-order valence-corrected chi connectivity index (χ0v) is 45.1. The van der Waals surface area contributed by atoms with Crippen molar-refractivity contribution in [3.8, 4) is 0 Å². The Morgan fingerprint density at radius 2 is 1.44 bits per heavy atom. The molecular weight excluding hydrogens is 959 g/mol. The van der Waals surface area contributed by atoms with Crippen LogP contribution in [0.2, 0.25) is 18.1 Å². The number of fused-ring (bicyclic) bond motifs is 5. The molecule has 11 atom stereocenters. The molecule has 4 aliphatic rings. The summed E-state index contributed by atoms with van der Waals surface area (Å²) in [6, 6.07) is 24.5. The number of carbonyl (C=O) groups is 6. The average molecular weight is 1030 g/mol. The van der Waals surface area contributed by atoms with Crippen molar-refractivity contribution in [2.75, 3.05) is 18.8 Å². The first-order valence-electron chi connectivity index (χ1n) is 24.4. The van der Waals surface area contributed by atoms with Crippen LogP contribution in [0.25, 0.3) is 0 Å². The highest BCUT2D eigenvalue weighted by Crippen LogP contribution is 2.65. The number of hydrogen-bond acceptors (Lipinski definition) is 15. The normalized spacial score (nSPS) is 29.6. The summed E-state index contributed by atoms with van der Waals surface area (Å²) in [5, 5.41) is 16.9. The molecule has 1 saturated heterocycles. The lowest BCUT2D eigenvalue weighted by Gasteiger charge is -2.67. The van der Waals surface area contributed by atoms with Gasteiger partial charge in [-0.1, -0.05) is 101 Å². The lowest BCUT2D eigenvalue weighted by atomic mass is 9.44. The topological polar surface area (TPSA) is 199 Å². The molecule has 3 aromatic carbocycles. The van der Waals surface area contributed by atoms with Crippen molar-refractivity contribution in [3.63, 3.8) is 0 Å². The van der Waals surface area contributed by atoms with Crippen molar-refractivity contribution in [1.29, 1.82) is 0 Å². The second kappa shape index (κ2) is 20.6. The third-order valence-corrected chi connectivity index (χ3v) is 20.9. The van der Waals surface area contributed by atoms with Crippen LogP contribution in [-0.2, 0) is 52.0 Å². The van der Waals surface area contributed by atoms with Crippen LogP contribution in [0, 0.1) is 16.7 Å². The van der Waals surface area contributed by atoms with E-state index in [0.29, 0.717) is 16.7 Å². The van der Waals surface area contributed by atoms with Gasteiger partial charge in [-0.15, -0.1) is 11.8 Å². The quantitative estimate of drug-likeness (QED) is 0.0486. The Morgan fingerprint density at radius 1 is 0.861 bits per heavy atom. The molecule has 1 heterocycles. The molecule has 1 aliphatic heterocycles. The highest BCUT2D eigenvalue weighted by Gasteiger charge is 2.78. The van der Waals surface area contributed by atoms with Crippen LogP contribution in [0.4, 0.5) is 0 Å². The van der Waals surface area contributed by atoms with Crippen LogP contribution in [0.15, 0.2) is 102 Å². The summed E-state index contributed by atoms with van der Waals surface area (Å²) in [6.07, 6.45) is -6.82. The standard InChI is InChI=1S/C55H69NO14SSi/c1-32-38(67-50(62)44(70-72(11,12)51(4,5)6)42(35-22-16-13-17-23-35)56-48(60)36-24-18-14-19-25-36)29-55(63)47(68-49(61)37-26-20-15-21-27-37)45-53(9,46(59)43(66-33(2)57)41(32)52(55,7)8)39(65-31-71-10)28-40-54(45,30-64-40)69-34(3)58/h13-27,38-40,42-45,47,63H,28-31H2,1-12H3,(H,56,60)/t38-,39?,40+,42-,43+,44+,45-,47-,53+,54-,55+/m0/s1. The fourth-order valence-electron chi connectivity index (χ4n) is 11.1. The van der Waals surface area contributed by atoms with E-state index < -0.39 is 126 Å². The molecule has 2 N–H and O–H groups in total. The average Bonchev–Trinajstić information content (AvgIpc) is 3.32.